The van der Waals surface area contributed by atoms with Crippen LogP contribution in [0, 0.1) is 12.3 Å². The first-order valence-corrected chi connectivity index (χ1v) is 4.07. The zero-order valence-corrected chi connectivity index (χ0v) is 8.25. The van der Waals surface area contributed by atoms with Gasteiger partial charge in [0.15, 0.2) is 0 Å². The fraction of sp³-hybridized carbons (Fsp3) is 0.500. The molecular weight excluding hydrogens is 184 g/mol. The van der Waals surface area contributed by atoms with Gasteiger partial charge < -0.3 is 14.2 Å². The molecule has 0 aliphatic rings. The van der Waals surface area contributed by atoms with Crippen LogP contribution >= 0.6 is 0 Å². The van der Waals surface area contributed by atoms with E-state index in [-0.39, 0.29) is 18.8 Å². The summed E-state index contributed by atoms with van der Waals surface area (Å²) in [6.45, 7) is 4.67. The van der Waals surface area contributed by atoms with E-state index in [1.54, 1.807) is 0 Å². The minimum atomic E-state index is -0.463. The zero-order chi connectivity index (χ0) is 10.8. The van der Waals surface area contributed by atoms with Crippen molar-refractivity contribution in [3.05, 3.63) is 12.2 Å². The number of carbonyl (C=O) groups excluding carboxylic acids is 1. The number of carbonyl (C=O) groups is 1. The van der Waals surface area contributed by atoms with Gasteiger partial charge in [-0.1, -0.05) is 12.5 Å². The summed E-state index contributed by atoms with van der Waals surface area (Å²) in [6.07, 6.45) is 4.96. The van der Waals surface area contributed by atoms with Gasteiger partial charge in [0.05, 0.1) is 32.5 Å². The second-order valence-corrected chi connectivity index (χ2v) is 2.40. The molecule has 0 aromatic rings. The van der Waals surface area contributed by atoms with Crippen LogP contribution in [-0.4, -0.2) is 39.5 Å². The van der Waals surface area contributed by atoms with Crippen LogP contribution in [0.5, 0.6) is 0 Å². The van der Waals surface area contributed by atoms with Crippen molar-refractivity contribution in [1.29, 1.82) is 0 Å². The molecule has 0 aliphatic carbocycles. The Morgan fingerprint density at radius 2 is 2.07 bits per heavy atom. The van der Waals surface area contributed by atoms with E-state index in [0.29, 0.717) is 13.2 Å². The quantitative estimate of drug-likeness (QED) is 0.257. The van der Waals surface area contributed by atoms with Gasteiger partial charge in [0, 0.05) is 0 Å². The maximum absolute atomic E-state index is 10.8. The highest BCUT2D eigenvalue weighted by Crippen LogP contribution is 1.94. The van der Waals surface area contributed by atoms with Gasteiger partial charge in [0.25, 0.3) is 0 Å². The van der Waals surface area contributed by atoms with Gasteiger partial charge in [-0.3, -0.25) is 0 Å². The highest BCUT2D eigenvalue weighted by atomic mass is 16.5. The predicted molar refractivity (Wildman–Crippen MR) is 51.6 cm³/mol. The summed E-state index contributed by atoms with van der Waals surface area (Å²) in [4.78, 5) is 10.8. The lowest BCUT2D eigenvalue weighted by Gasteiger charge is -2.04. The molecule has 0 fully saturated rings. The van der Waals surface area contributed by atoms with E-state index in [2.05, 4.69) is 17.2 Å². The first-order chi connectivity index (χ1) is 6.72. The van der Waals surface area contributed by atoms with Gasteiger partial charge >= 0.3 is 5.97 Å². The van der Waals surface area contributed by atoms with Crippen molar-refractivity contribution in [2.75, 3.05) is 33.5 Å². The lowest BCUT2D eigenvalue weighted by atomic mass is 10.3. The van der Waals surface area contributed by atoms with Crippen LogP contribution < -0.4 is 0 Å². The zero-order valence-electron chi connectivity index (χ0n) is 8.25. The minimum absolute atomic E-state index is 0.145. The van der Waals surface area contributed by atoms with Gasteiger partial charge in [-0.2, -0.15) is 0 Å². The number of terminal acetylenes is 1. The monoisotopic (exact) mass is 198 g/mol. The average molecular weight is 198 g/mol. The van der Waals surface area contributed by atoms with Crippen molar-refractivity contribution >= 4 is 5.97 Å². The Morgan fingerprint density at radius 1 is 1.43 bits per heavy atom. The molecule has 0 saturated carbocycles. The summed E-state index contributed by atoms with van der Waals surface area (Å²) < 4.78 is 14.4. The molecule has 0 aromatic carbocycles. The number of hydrogen-bond acceptors (Lipinski definition) is 4. The lowest BCUT2D eigenvalue weighted by Crippen LogP contribution is -2.12. The van der Waals surface area contributed by atoms with Crippen molar-refractivity contribution in [2.45, 2.75) is 0 Å². The summed E-state index contributed by atoms with van der Waals surface area (Å²) in [5.41, 5.74) is 0.282. The second-order valence-electron chi connectivity index (χ2n) is 2.40. The molecule has 0 aliphatic heterocycles. The maximum Gasteiger partial charge on any atom is 0.335 e. The predicted octanol–water partition coefficient (Wildman–Crippen LogP) is 0.382. The molecule has 0 aromatic heterocycles. The van der Waals surface area contributed by atoms with Crippen LogP contribution in [0.4, 0.5) is 0 Å². The van der Waals surface area contributed by atoms with Crippen molar-refractivity contribution in [1.82, 2.24) is 0 Å². The molecule has 4 heteroatoms. The molecule has 0 rings (SSSR count). The molecule has 0 atom stereocenters. The first-order valence-electron chi connectivity index (χ1n) is 4.07. The normalized spacial score (nSPS) is 9.14. The molecular formula is C10H14O4. The largest absolute Gasteiger partial charge is 0.466 e. The van der Waals surface area contributed by atoms with Crippen molar-refractivity contribution in [2.24, 2.45) is 0 Å². The number of hydrogen-bond donors (Lipinski definition) is 0. The Morgan fingerprint density at radius 3 is 2.64 bits per heavy atom. The van der Waals surface area contributed by atoms with E-state index in [1.165, 1.54) is 7.11 Å². The van der Waals surface area contributed by atoms with Crippen LogP contribution in [0.3, 0.4) is 0 Å². The molecule has 0 radical (unpaired) electrons. The third-order valence-electron chi connectivity index (χ3n) is 1.31. The summed E-state index contributed by atoms with van der Waals surface area (Å²) >= 11 is 0. The van der Waals surface area contributed by atoms with Gasteiger partial charge in [0.2, 0.25) is 0 Å². The highest BCUT2D eigenvalue weighted by molar-refractivity contribution is 5.87. The smallest absolute Gasteiger partial charge is 0.335 e. The van der Waals surface area contributed by atoms with E-state index in [4.69, 9.17) is 15.9 Å². The molecule has 0 spiro atoms. The Labute approximate surface area is 83.8 Å². The van der Waals surface area contributed by atoms with Crippen LogP contribution in [0.1, 0.15) is 0 Å². The van der Waals surface area contributed by atoms with Gasteiger partial charge in [-0.25, -0.2) is 4.79 Å². The molecule has 0 saturated heterocycles. The Bertz CT molecular complexity index is 227. The van der Waals surface area contributed by atoms with E-state index >= 15 is 0 Å². The van der Waals surface area contributed by atoms with Crippen LogP contribution in [0.25, 0.3) is 0 Å². The average Bonchev–Trinajstić information content (AvgIpc) is 2.21. The lowest BCUT2D eigenvalue weighted by molar-refractivity contribution is -0.136. The van der Waals surface area contributed by atoms with Crippen LogP contribution in [-0.2, 0) is 19.0 Å². The van der Waals surface area contributed by atoms with E-state index in [0.717, 1.165) is 0 Å². The Balaban J connectivity index is 3.33. The fourth-order valence-electron chi connectivity index (χ4n) is 0.648. The van der Waals surface area contributed by atoms with Gasteiger partial charge in [-0.05, 0) is 0 Å². The first kappa shape index (κ1) is 12.7. The SMILES string of the molecule is C#CCOCCOCC(=C)C(=O)OC. The van der Waals surface area contributed by atoms with Crippen molar-refractivity contribution in [3.8, 4) is 12.3 Å². The number of esters is 1. The number of rotatable bonds is 7. The van der Waals surface area contributed by atoms with Gasteiger partial charge in [-0.15, -0.1) is 6.42 Å². The van der Waals surface area contributed by atoms with Gasteiger partial charge in [0.1, 0.15) is 6.61 Å². The highest BCUT2D eigenvalue weighted by Gasteiger charge is 2.05. The Hall–Kier alpha value is -1.31. The second kappa shape index (κ2) is 8.30. The molecule has 0 bridgehead atoms. The molecule has 0 unspecified atom stereocenters. The minimum Gasteiger partial charge on any atom is -0.466 e. The van der Waals surface area contributed by atoms with E-state index < -0.39 is 5.97 Å². The third kappa shape index (κ3) is 6.23. The molecule has 0 amide bonds. The van der Waals surface area contributed by atoms with Crippen LogP contribution in [0.15, 0.2) is 12.2 Å². The van der Waals surface area contributed by atoms with Crippen molar-refractivity contribution < 1.29 is 19.0 Å². The molecule has 78 valence electrons. The van der Waals surface area contributed by atoms with E-state index in [1.807, 2.05) is 0 Å². The fourth-order valence-corrected chi connectivity index (χ4v) is 0.648. The topological polar surface area (TPSA) is 44.8 Å². The molecule has 4 nitrogen and oxygen atoms in total. The summed E-state index contributed by atoms with van der Waals surface area (Å²) in [7, 11) is 1.30. The standard InChI is InChI=1S/C10H14O4/c1-4-5-13-6-7-14-8-9(2)10(11)12-3/h1H,2,5-8H2,3H3. The van der Waals surface area contributed by atoms with Crippen molar-refractivity contribution in [3.63, 3.8) is 0 Å². The number of ether oxygens (including phenoxy) is 3. The molecule has 0 heterocycles. The number of methoxy groups -OCH3 is 1. The molecule has 0 N–H and O–H groups in total. The Kier molecular flexibility index (Phi) is 7.52. The van der Waals surface area contributed by atoms with Crippen LogP contribution in [0.2, 0.25) is 0 Å². The van der Waals surface area contributed by atoms with E-state index in [9.17, 15) is 4.79 Å². The summed E-state index contributed by atoms with van der Waals surface area (Å²) in [5.74, 6) is 1.86. The molecule has 14 heavy (non-hydrogen) atoms. The summed E-state index contributed by atoms with van der Waals surface area (Å²) in [5, 5.41) is 0. The maximum atomic E-state index is 10.8. The summed E-state index contributed by atoms with van der Waals surface area (Å²) in [6, 6.07) is 0. The third-order valence-corrected chi connectivity index (χ3v) is 1.31.